The van der Waals surface area contributed by atoms with Gasteiger partial charge in [0.15, 0.2) is 11.9 Å². The molecule has 0 spiro atoms. The summed E-state index contributed by atoms with van der Waals surface area (Å²) in [6.07, 6.45) is -0.182. The SMILES string of the molecule is CCC(Oc1cc([N+](=O)[O-])ccc1Br)/C(N)=N/O. The Labute approximate surface area is 112 Å². The summed E-state index contributed by atoms with van der Waals surface area (Å²) >= 11 is 3.22. The van der Waals surface area contributed by atoms with Crippen molar-refractivity contribution in [2.75, 3.05) is 0 Å². The third-order valence-electron chi connectivity index (χ3n) is 2.21. The molecule has 1 unspecified atom stereocenters. The standard InChI is InChI=1S/C10H12BrN3O4/c1-2-8(10(12)13-15)18-9-5-6(14(16)17)3-4-7(9)11/h3-5,8,15H,2H2,1H3,(H2,12,13). The summed E-state index contributed by atoms with van der Waals surface area (Å²) < 4.78 is 6.02. The summed E-state index contributed by atoms with van der Waals surface area (Å²) in [4.78, 5) is 10.1. The first kappa shape index (κ1) is 14.2. The molecule has 8 heteroatoms. The van der Waals surface area contributed by atoms with Gasteiger partial charge in [-0.25, -0.2) is 0 Å². The molecule has 0 heterocycles. The highest BCUT2D eigenvalue weighted by atomic mass is 79.9. The first-order valence-electron chi connectivity index (χ1n) is 5.07. The van der Waals surface area contributed by atoms with Crippen molar-refractivity contribution in [2.45, 2.75) is 19.4 Å². The van der Waals surface area contributed by atoms with Gasteiger partial charge in [-0.2, -0.15) is 0 Å². The lowest BCUT2D eigenvalue weighted by atomic mass is 10.2. The number of nitrogens with zero attached hydrogens (tertiary/aromatic N) is 2. The molecule has 1 atom stereocenters. The van der Waals surface area contributed by atoms with E-state index >= 15 is 0 Å². The number of oxime groups is 1. The summed E-state index contributed by atoms with van der Waals surface area (Å²) in [7, 11) is 0. The molecule has 0 aliphatic carbocycles. The maximum absolute atomic E-state index is 10.7. The van der Waals surface area contributed by atoms with Gasteiger partial charge in [0.1, 0.15) is 5.75 Å². The molecule has 1 aromatic carbocycles. The van der Waals surface area contributed by atoms with Crippen molar-refractivity contribution in [2.24, 2.45) is 10.9 Å². The van der Waals surface area contributed by atoms with Crippen molar-refractivity contribution < 1.29 is 14.9 Å². The van der Waals surface area contributed by atoms with Crippen molar-refractivity contribution >= 4 is 27.5 Å². The third kappa shape index (κ3) is 3.33. The molecule has 0 amide bonds. The van der Waals surface area contributed by atoms with Crippen LogP contribution in [0.15, 0.2) is 27.8 Å². The monoisotopic (exact) mass is 317 g/mol. The number of hydrogen-bond acceptors (Lipinski definition) is 5. The van der Waals surface area contributed by atoms with Crippen molar-refractivity contribution in [3.8, 4) is 5.75 Å². The number of nitrogens with two attached hydrogens (primary N) is 1. The fourth-order valence-electron chi connectivity index (χ4n) is 1.27. The fourth-order valence-corrected chi connectivity index (χ4v) is 1.61. The van der Waals surface area contributed by atoms with Crippen LogP contribution in [-0.2, 0) is 0 Å². The summed E-state index contributed by atoms with van der Waals surface area (Å²) in [5.74, 6) is 0.179. The number of ether oxygens (including phenoxy) is 1. The average molecular weight is 318 g/mol. The van der Waals surface area contributed by atoms with Gasteiger partial charge in [-0.1, -0.05) is 12.1 Å². The van der Waals surface area contributed by atoms with E-state index in [0.717, 1.165) is 0 Å². The molecule has 98 valence electrons. The van der Waals surface area contributed by atoms with Gasteiger partial charge in [-0.3, -0.25) is 10.1 Å². The predicted molar refractivity (Wildman–Crippen MR) is 68.9 cm³/mol. The Hall–Kier alpha value is -1.83. The maximum Gasteiger partial charge on any atom is 0.273 e. The van der Waals surface area contributed by atoms with Gasteiger partial charge in [-0.15, -0.1) is 0 Å². The van der Waals surface area contributed by atoms with Crippen LogP contribution in [-0.4, -0.2) is 22.1 Å². The van der Waals surface area contributed by atoms with Crippen LogP contribution in [0.1, 0.15) is 13.3 Å². The van der Waals surface area contributed by atoms with Crippen LogP contribution in [0.2, 0.25) is 0 Å². The summed E-state index contributed by atoms with van der Waals surface area (Å²) in [6.45, 7) is 1.79. The lowest BCUT2D eigenvalue weighted by Crippen LogP contribution is -2.33. The van der Waals surface area contributed by atoms with E-state index in [1.165, 1.54) is 18.2 Å². The molecular weight excluding hydrogens is 306 g/mol. The molecule has 1 rings (SSSR count). The number of rotatable bonds is 5. The van der Waals surface area contributed by atoms with Crippen LogP contribution in [0.3, 0.4) is 0 Å². The first-order chi connectivity index (χ1) is 8.49. The zero-order valence-electron chi connectivity index (χ0n) is 9.54. The van der Waals surface area contributed by atoms with Crippen molar-refractivity contribution in [3.63, 3.8) is 0 Å². The summed E-state index contributed by atoms with van der Waals surface area (Å²) in [6, 6.07) is 4.13. The van der Waals surface area contributed by atoms with E-state index in [4.69, 9.17) is 15.7 Å². The second kappa shape index (κ2) is 6.20. The first-order valence-corrected chi connectivity index (χ1v) is 5.86. The third-order valence-corrected chi connectivity index (χ3v) is 2.87. The van der Waals surface area contributed by atoms with Crippen LogP contribution in [0.4, 0.5) is 5.69 Å². The van der Waals surface area contributed by atoms with Gasteiger partial charge in [0.2, 0.25) is 0 Å². The minimum Gasteiger partial charge on any atom is -0.481 e. The highest BCUT2D eigenvalue weighted by Crippen LogP contribution is 2.30. The Morgan fingerprint density at radius 2 is 2.39 bits per heavy atom. The Kier molecular flexibility index (Phi) is 4.90. The molecule has 0 aromatic heterocycles. The van der Waals surface area contributed by atoms with Gasteiger partial charge in [-0.05, 0) is 28.4 Å². The molecule has 0 saturated carbocycles. The normalized spacial score (nSPS) is 13.1. The van der Waals surface area contributed by atoms with Crippen LogP contribution >= 0.6 is 15.9 Å². The molecule has 0 fully saturated rings. The molecule has 1 aromatic rings. The van der Waals surface area contributed by atoms with Gasteiger partial charge in [0.05, 0.1) is 15.5 Å². The maximum atomic E-state index is 10.7. The zero-order valence-corrected chi connectivity index (χ0v) is 11.1. The Bertz CT molecular complexity index is 478. The summed E-state index contributed by atoms with van der Waals surface area (Å²) in [5, 5.41) is 22.1. The zero-order chi connectivity index (χ0) is 13.7. The van der Waals surface area contributed by atoms with E-state index < -0.39 is 11.0 Å². The molecule has 18 heavy (non-hydrogen) atoms. The topological polar surface area (TPSA) is 111 Å². The molecule has 0 bridgehead atoms. The fraction of sp³-hybridized carbons (Fsp3) is 0.300. The quantitative estimate of drug-likeness (QED) is 0.284. The van der Waals surface area contributed by atoms with Crippen molar-refractivity contribution in [1.82, 2.24) is 0 Å². The number of halogens is 1. The minimum atomic E-state index is -0.645. The van der Waals surface area contributed by atoms with Gasteiger partial charge < -0.3 is 15.7 Å². The van der Waals surface area contributed by atoms with Crippen LogP contribution in [0, 0.1) is 10.1 Å². The minimum absolute atomic E-state index is 0.0871. The van der Waals surface area contributed by atoms with Crippen LogP contribution < -0.4 is 10.5 Å². The smallest absolute Gasteiger partial charge is 0.273 e. The van der Waals surface area contributed by atoms with Crippen molar-refractivity contribution in [3.05, 3.63) is 32.8 Å². The predicted octanol–water partition coefficient (Wildman–Crippen LogP) is 2.26. The number of non-ortho nitro benzene ring substituents is 1. The van der Waals surface area contributed by atoms with E-state index in [9.17, 15) is 10.1 Å². The molecule has 0 saturated heterocycles. The van der Waals surface area contributed by atoms with Gasteiger partial charge in [0, 0.05) is 6.07 Å². The number of nitro groups is 1. The highest BCUT2D eigenvalue weighted by molar-refractivity contribution is 9.10. The second-order valence-electron chi connectivity index (χ2n) is 3.41. The number of hydrogen-bond donors (Lipinski definition) is 2. The molecule has 0 aliphatic heterocycles. The molecular formula is C10H12BrN3O4. The Morgan fingerprint density at radius 1 is 1.72 bits per heavy atom. The Balaban J connectivity index is 3.02. The Morgan fingerprint density at radius 3 is 2.89 bits per heavy atom. The molecule has 7 nitrogen and oxygen atoms in total. The van der Waals surface area contributed by atoms with Gasteiger partial charge >= 0.3 is 0 Å². The molecule has 0 radical (unpaired) electrons. The van der Waals surface area contributed by atoms with E-state index in [1.54, 1.807) is 6.92 Å². The van der Waals surface area contributed by atoms with Crippen molar-refractivity contribution in [1.29, 1.82) is 0 Å². The van der Waals surface area contributed by atoms with E-state index in [1.807, 2.05) is 0 Å². The van der Waals surface area contributed by atoms with E-state index in [-0.39, 0.29) is 17.3 Å². The number of amidine groups is 1. The highest BCUT2D eigenvalue weighted by Gasteiger charge is 2.17. The molecule has 3 N–H and O–H groups in total. The average Bonchev–Trinajstić information content (AvgIpc) is 2.36. The lowest BCUT2D eigenvalue weighted by molar-refractivity contribution is -0.385. The second-order valence-corrected chi connectivity index (χ2v) is 4.27. The summed E-state index contributed by atoms with van der Waals surface area (Å²) in [5.41, 5.74) is 5.35. The molecule has 0 aliphatic rings. The number of nitro benzene ring substituents is 1. The van der Waals surface area contributed by atoms with Crippen LogP contribution in [0.5, 0.6) is 5.75 Å². The van der Waals surface area contributed by atoms with E-state index in [2.05, 4.69) is 21.1 Å². The largest absolute Gasteiger partial charge is 0.481 e. The lowest BCUT2D eigenvalue weighted by Gasteiger charge is -2.16. The number of benzene rings is 1. The van der Waals surface area contributed by atoms with Crippen LogP contribution in [0.25, 0.3) is 0 Å². The van der Waals surface area contributed by atoms with Gasteiger partial charge in [0.25, 0.3) is 5.69 Å². The van der Waals surface area contributed by atoms with E-state index in [0.29, 0.717) is 10.9 Å².